The van der Waals surface area contributed by atoms with Gasteiger partial charge >= 0.3 is 0 Å². The number of carbonyl (C=O) groups is 2. The van der Waals surface area contributed by atoms with E-state index in [9.17, 15) is 9.59 Å². The molecule has 1 aliphatic heterocycles. The number of likely N-dealkylation sites (tertiary alicyclic amines) is 1. The molecule has 160 valence electrons. The number of hydrogen-bond donors (Lipinski definition) is 1. The number of rotatable bonds is 7. The highest BCUT2D eigenvalue weighted by Crippen LogP contribution is 2.31. The van der Waals surface area contributed by atoms with Gasteiger partial charge in [-0.05, 0) is 24.6 Å². The Balaban J connectivity index is 1.49. The zero-order valence-corrected chi connectivity index (χ0v) is 17.3. The summed E-state index contributed by atoms with van der Waals surface area (Å²) in [4.78, 5) is 27.0. The highest BCUT2D eigenvalue weighted by Gasteiger charge is 2.36. The minimum atomic E-state index is -0.600. The zero-order valence-electron chi connectivity index (χ0n) is 17.3. The topological polar surface area (TPSA) is 93.9 Å². The van der Waals surface area contributed by atoms with Crippen LogP contribution in [0.1, 0.15) is 18.4 Å². The Kier molecular flexibility index (Phi) is 5.88. The van der Waals surface area contributed by atoms with E-state index in [1.54, 1.807) is 25.2 Å². The van der Waals surface area contributed by atoms with Crippen LogP contribution in [-0.4, -0.2) is 42.1 Å². The molecule has 0 bridgehead atoms. The third-order valence-corrected chi connectivity index (χ3v) is 5.30. The van der Waals surface area contributed by atoms with E-state index >= 15 is 0 Å². The Bertz CT molecular complexity index is 1090. The molecule has 3 aromatic rings. The SMILES string of the molecule is COc1ccccc1CN1C(=O)CCC1C(=O)Nc1cc(-c2ccccc2OC)no1. The number of aromatic nitrogens is 1. The summed E-state index contributed by atoms with van der Waals surface area (Å²) in [5, 5.41) is 6.77. The van der Waals surface area contributed by atoms with Crippen LogP contribution in [-0.2, 0) is 16.1 Å². The Morgan fingerprint density at radius 2 is 1.84 bits per heavy atom. The van der Waals surface area contributed by atoms with E-state index in [0.717, 1.165) is 11.1 Å². The van der Waals surface area contributed by atoms with Gasteiger partial charge in [0.25, 0.3) is 0 Å². The number of benzene rings is 2. The molecule has 0 saturated carbocycles. The molecule has 4 rings (SSSR count). The highest BCUT2D eigenvalue weighted by atomic mass is 16.5. The van der Waals surface area contributed by atoms with Gasteiger partial charge in [-0.1, -0.05) is 35.5 Å². The molecule has 1 aliphatic rings. The summed E-state index contributed by atoms with van der Waals surface area (Å²) < 4.78 is 16.0. The van der Waals surface area contributed by atoms with Gasteiger partial charge in [0.1, 0.15) is 23.2 Å². The number of para-hydroxylation sites is 2. The molecule has 0 spiro atoms. The number of amides is 2. The van der Waals surface area contributed by atoms with Crippen molar-refractivity contribution in [3.8, 4) is 22.8 Å². The summed E-state index contributed by atoms with van der Waals surface area (Å²) in [6.45, 7) is 0.295. The summed E-state index contributed by atoms with van der Waals surface area (Å²) in [5.41, 5.74) is 2.14. The lowest BCUT2D eigenvalue weighted by Crippen LogP contribution is -2.41. The second kappa shape index (κ2) is 8.91. The normalized spacial score (nSPS) is 15.7. The first-order valence-corrected chi connectivity index (χ1v) is 9.93. The van der Waals surface area contributed by atoms with Crippen molar-refractivity contribution in [2.24, 2.45) is 0 Å². The maximum atomic E-state index is 12.9. The Labute approximate surface area is 179 Å². The molecular weight excluding hydrogens is 398 g/mol. The molecule has 8 nitrogen and oxygen atoms in total. The van der Waals surface area contributed by atoms with E-state index < -0.39 is 6.04 Å². The highest BCUT2D eigenvalue weighted by molar-refractivity contribution is 5.98. The summed E-state index contributed by atoms with van der Waals surface area (Å²) in [7, 11) is 3.16. The quantitative estimate of drug-likeness (QED) is 0.628. The lowest BCUT2D eigenvalue weighted by atomic mass is 10.1. The lowest BCUT2D eigenvalue weighted by molar-refractivity contribution is -0.133. The first-order valence-electron chi connectivity index (χ1n) is 9.93. The molecular formula is C23H23N3O5. The van der Waals surface area contributed by atoms with Crippen molar-refractivity contribution < 1.29 is 23.6 Å². The molecule has 2 aromatic carbocycles. The standard InChI is InChI=1S/C23H23N3O5/c1-29-19-9-5-3-7-15(19)14-26-18(11-12-22(26)27)23(28)24-21-13-17(25-31-21)16-8-4-6-10-20(16)30-2/h3-10,13,18H,11-12,14H2,1-2H3,(H,24,28). The molecule has 1 unspecified atom stereocenters. The monoisotopic (exact) mass is 421 g/mol. The van der Waals surface area contributed by atoms with Crippen LogP contribution in [0.4, 0.5) is 5.88 Å². The van der Waals surface area contributed by atoms with Gasteiger partial charge in [-0.15, -0.1) is 0 Å². The number of ether oxygens (including phenoxy) is 2. The third-order valence-electron chi connectivity index (χ3n) is 5.30. The van der Waals surface area contributed by atoms with Gasteiger partial charge < -0.3 is 18.9 Å². The number of anilines is 1. The fraction of sp³-hybridized carbons (Fsp3) is 0.261. The average Bonchev–Trinajstić information content (AvgIpc) is 3.41. The Morgan fingerprint density at radius 1 is 1.13 bits per heavy atom. The van der Waals surface area contributed by atoms with Gasteiger partial charge in [-0.25, -0.2) is 0 Å². The Morgan fingerprint density at radius 3 is 2.61 bits per heavy atom. The molecule has 0 aliphatic carbocycles. The average molecular weight is 421 g/mol. The van der Waals surface area contributed by atoms with Gasteiger partial charge in [0, 0.05) is 23.6 Å². The second-order valence-electron chi connectivity index (χ2n) is 7.15. The maximum Gasteiger partial charge on any atom is 0.249 e. The summed E-state index contributed by atoms with van der Waals surface area (Å²) in [5.74, 6) is 1.15. The molecule has 8 heteroatoms. The zero-order chi connectivity index (χ0) is 21.8. The second-order valence-corrected chi connectivity index (χ2v) is 7.15. The van der Waals surface area contributed by atoms with Gasteiger partial charge in [0.15, 0.2) is 0 Å². The molecule has 2 heterocycles. The van der Waals surface area contributed by atoms with E-state index in [4.69, 9.17) is 14.0 Å². The lowest BCUT2D eigenvalue weighted by Gasteiger charge is -2.24. The molecule has 1 N–H and O–H groups in total. The van der Waals surface area contributed by atoms with E-state index in [0.29, 0.717) is 36.6 Å². The maximum absolute atomic E-state index is 12.9. The third kappa shape index (κ3) is 4.23. The Hall–Kier alpha value is -3.81. The predicted octanol–water partition coefficient (Wildman–Crippen LogP) is 3.49. The summed E-state index contributed by atoms with van der Waals surface area (Å²) >= 11 is 0. The van der Waals surface area contributed by atoms with Crippen molar-refractivity contribution in [3.05, 3.63) is 60.2 Å². The number of nitrogens with one attached hydrogen (secondary N) is 1. The van der Waals surface area contributed by atoms with Crippen molar-refractivity contribution in [1.29, 1.82) is 0 Å². The predicted molar refractivity (Wildman–Crippen MR) is 114 cm³/mol. The largest absolute Gasteiger partial charge is 0.496 e. The summed E-state index contributed by atoms with van der Waals surface area (Å²) in [6.07, 6.45) is 0.753. The van der Waals surface area contributed by atoms with Crippen LogP contribution in [0, 0.1) is 0 Å². The van der Waals surface area contributed by atoms with Crippen LogP contribution >= 0.6 is 0 Å². The van der Waals surface area contributed by atoms with E-state index in [1.807, 2.05) is 48.5 Å². The van der Waals surface area contributed by atoms with Gasteiger partial charge in [0.2, 0.25) is 17.7 Å². The number of methoxy groups -OCH3 is 2. The fourth-order valence-corrected chi connectivity index (χ4v) is 3.74. The number of nitrogens with zero attached hydrogens (tertiary/aromatic N) is 2. The molecule has 1 saturated heterocycles. The first-order chi connectivity index (χ1) is 15.1. The van der Waals surface area contributed by atoms with Crippen LogP contribution in [0.25, 0.3) is 11.3 Å². The number of hydrogen-bond acceptors (Lipinski definition) is 6. The van der Waals surface area contributed by atoms with Crippen molar-refractivity contribution in [1.82, 2.24) is 10.1 Å². The summed E-state index contributed by atoms with van der Waals surface area (Å²) in [6, 6.07) is 15.9. The molecule has 0 radical (unpaired) electrons. The van der Waals surface area contributed by atoms with E-state index in [1.165, 1.54) is 0 Å². The van der Waals surface area contributed by atoms with Gasteiger partial charge in [0.05, 0.1) is 20.8 Å². The molecule has 2 amide bonds. The van der Waals surface area contributed by atoms with Crippen molar-refractivity contribution in [2.45, 2.75) is 25.4 Å². The van der Waals surface area contributed by atoms with Crippen LogP contribution < -0.4 is 14.8 Å². The smallest absolute Gasteiger partial charge is 0.249 e. The van der Waals surface area contributed by atoms with Crippen molar-refractivity contribution >= 4 is 17.7 Å². The fourth-order valence-electron chi connectivity index (χ4n) is 3.74. The first kappa shape index (κ1) is 20.5. The molecule has 31 heavy (non-hydrogen) atoms. The van der Waals surface area contributed by atoms with Crippen molar-refractivity contribution in [2.75, 3.05) is 19.5 Å². The van der Waals surface area contributed by atoms with Crippen LogP contribution in [0.3, 0.4) is 0 Å². The van der Waals surface area contributed by atoms with Gasteiger partial charge in [-0.2, -0.15) is 0 Å². The van der Waals surface area contributed by atoms with Crippen molar-refractivity contribution in [3.63, 3.8) is 0 Å². The van der Waals surface area contributed by atoms with Gasteiger partial charge in [-0.3, -0.25) is 14.9 Å². The van der Waals surface area contributed by atoms with Crippen LogP contribution in [0.5, 0.6) is 11.5 Å². The minimum Gasteiger partial charge on any atom is -0.496 e. The van der Waals surface area contributed by atoms with Crippen LogP contribution in [0.15, 0.2) is 59.1 Å². The number of carbonyl (C=O) groups excluding carboxylic acids is 2. The van der Waals surface area contributed by atoms with Crippen LogP contribution in [0.2, 0.25) is 0 Å². The molecule has 1 atom stereocenters. The molecule has 1 fully saturated rings. The van der Waals surface area contributed by atoms with E-state index in [2.05, 4.69) is 10.5 Å². The minimum absolute atomic E-state index is 0.0710. The van der Waals surface area contributed by atoms with E-state index in [-0.39, 0.29) is 17.7 Å². The molecule has 1 aromatic heterocycles.